The van der Waals surface area contributed by atoms with Gasteiger partial charge in [-0.25, -0.2) is 9.59 Å². The second-order valence-electron chi connectivity index (χ2n) is 8.15. The Morgan fingerprint density at radius 2 is 1.76 bits per heavy atom. The van der Waals surface area contributed by atoms with Crippen LogP contribution < -0.4 is 10.6 Å². The zero-order valence-corrected chi connectivity index (χ0v) is 18.2. The van der Waals surface area contributed by atoms with E-state index < -0.39 is 29.6 Å². The molecule has 1 fully saturated rings. The summed E-state index contributed by atoms with van der Waals surface area (Å²) in [5, 5.41) is 14.3. The average molecular weight is 454 g/mol. The van der Waals surface area contributed by atoms with Crippen molar-refractivity contribution < 1.29 is 33.7 Å². The third-order valence-corrected chi connectivity index (χ3v) is 6.08. The summed E-state index contributed by atoms with van der Waals surface area (Å²) in [6.07, 6.45) is -0.571. The maximum absolute atomic E-state index is 12.9. The van der Waals surface area contributed by atoms with Gasteiger partial charge in [0.2, 0.25) is 5.91 Å². The van der Waals surface area contributed by atoms with Crippen molar-refractivity contribution >= 4 is 18.0 Å². The second-order valence-corrected chi connectivity index (χ2v) is 8.15. The number of alkyl carbamates (subject to hydrolysis) is 1. The molecule has 0 bridgehead atoms. The van der Waals surface area contributed by atoms with Crippen LogP contribution in [0.15, 0.2) is 48.5 Å². The number of hydrogen-bond acceptors (Lipinski definition) is 6. The van der Waals surface area contributed by atoms with Crippen molar-refractivity contribution in [2.24, 2.45) is 0 Å². The Hall–Kier alpha value is -3.43. The SMILES string of the molecule is COCC(NC(=O)C1(NC(=O)OCC2c3ccccc3-c3ccccc32)CCOC1)C(=O)O. The molecule has 1 saturated heterocycles. The normalized spacial score (nSPS) is 19.9. The summed E-state index contributed by atoms with van der Waals surface area (Å²) in [6, 6.07) is 14.7. The molecule has 2 aromatic carbocycles. The molecule has 9 heteroatoms. The van der Waals surface area contributed by atoms with E-state index in [0.29, 0.717) is 0 Å². The van der Waals surface area contributed by atoms with Crippen LogP contribution in [0.4, 0.5) is 4.79 Å². The lowest BCUT2D eigenvalue weighted by Gasteiger charge is -2.28. The van der Waals surface area contributed by atoms with Crippen molar-refractivity contribution in [1.29, 1.82) is 0 Å². The lowest BCUT2D eigenvalue weighted by Crippen LogP contribution is -2.62. The van der Waals surface area contributed by atoms with Crippen LogP contribution in [-0.2, 0) is 23.8 Å². The van der Waals surface area contributed by atoms with Gasteiger partial charge >= 0.3 is 12.1 Å². The number of carbonyl (C=O) groups is 3. The quantitative estimate of drug-likeness (QED) is 0.557. The molecular weight excluding hydrogens is 428 g/mol. The number of ether oxygens (including phenoxy) is 3. The van der Waals surface area contributed by atoms with Gasteiger partial charge in [-0.15, -0.1) is 0 Å². The number of carbonyl (C=O) groups excluding carboxylic acids is 2. The molecule has 0 aromatic heterocycles. The number of benzene rings is 2. The van der Waals surface area contributed by atoms with Gasteiger partial charge in [0.05, 0.1) is 13.2 Å². The van der Waals surface area contributed by atoms with E-state index in [2.05, 4.69) is 10.6 Å². The first kappa shape index (κ1) is 22.8. The molecule has 2 atom stereocenters. The van der Waals surface area contributed by atoms with E-state index >= 15 is 0 Å². The fourth-order valence-corrected chi connectivity index (χ4v) is 4.37. The molecule has 0 spiro atoms. The summed E-state index contributed by atoms with van der Waals surface area (Å²) >= 11 is 0. The van der Waals surface area contributed by atoms with E-state index in [1.807, 2.05) is 48.5 Å². The summed E-state index contributed by atoms with van der Waals surface area (Å²) in [6.45, 7) is 0.0598. The van der Waals surface area contributed by atoms with Crippen LogP contribution in [0.1, 0.15) is 23.5 Å². The summed E-state index contributed by atoms with van der Waals surface area (Å²) in [5.41, 5.74) is 2.96. The van der Waals surface area contributed by atoms with Crippen molar-refractivity contribution in [3.63, 3.8) is 0 Å². The molecule has 33 heavy (non-hydrogen) atoms. The largest absolute Gasteiger partial charge is 0.480 e. The number of fused-ring (bicyclic) bond motifs is 3. The highest BCUT2D eigenvalue weighted by Gasteiger charge is 2.45. The van der Waals surface area contributed by atoms with Crippen molar-refractivity contribution in [2.75, 3.05) is 33.5 Å². The first-order chi connectivity index (χ1) is 15.9. The molecule has 174 valence electrons. The summed E-state index contributed by atoms with van der Waals surface area (Å²) < 4.78 is 15.8. The highest BCUT2D eigenvalue weighted by atomic mass is 16.6. The zero-order valence-electron chi connectivity index (χ0n) is 18.2. The number of methoxy groups -OCH3 is 1. The van der Waals surface area contributed by atoms with Gasteiger partial charge < -0.3 is 30.0 Å². The first-order valence-electron chi connectivity index (χ1n) is 10.7. The van der Waals surface area contributed by atoms with E-state index in [1.54, 1.807) is 0 Å². The third-order valence-electron chi connectivity index (χ3n) is 6.08. The van der Waals surface area contributed by atoms with Crippen molar-refractivity contribution in [2.45, 2.75) is 23.9 Å². The molecule has 1 aliphatic carbocycles. The minimum absolute atomic E-state index is 0.0810. The van der Waals surface area contributed by atoms with Crippen molar-refractivity contribution in [3.05, 3.63) is 59.7 Å². The van der Waals surface area contributed by atoms with Gasteiger partial charge in [-0.3, -0.25) is 4.79 Å². The lowest BCUT2D eigenvalue weighted by molar-refractivity contribution is -0.144. The number of hydrogen-bond donors (Lipinski definition) is 3. The zero-order chi connectivity index (χ0) is 23.4. The average Bonchev–Trinajstić information content (AvgIpc) is 3.41. The molecule has 2 amide bonds. The molecule has 4 rings (SSSR count). The number of carboxylic acid groups (broad SMARTS) is 1. The van der Waals surface area contributed by atoms with E-state index in [-0.39, 0.29) is 38.8 Å². The van der Waals surface area contributed by atoms with Gasteiger partial charge in [-0.05, 0) is 22.3 Å². The number of nitrogens with one attached hydrogen (secondary N) is 2. The van der Waals surface area contributed by atoms with E-state index in [0.717, 1.165) is 22.3 Å². The van der Waals surface area contributed by atoms with E-state index in [9.17, 15) is 19.5 Å². The van der Waals surface area contributed by atoms with Crippen LogP contribution in [0.3, 0.4) is 0 Å². The summed E-state index contributed by atoms with van der Waals surface area (Å²) in [5.74, 6) is -2.01. The van der Waals surface area contributed by atoms with Crippen LogP contribution in [0.25, 0.3) is 11.1 Å². The minimum atomic E-state index is -1.41. The molecule has 0 radical (unpaired) electrons. The lowest BCUT2D eigenvalue weighted by atomic mass is 9.97. The Bertz CT molecular complexity index is 1000. The smallest absolute Gasteiger partial charge is 0.408 e. The van der Waals surface area contributed by atoms with Crippen LogP contribution >= 0.6 is 0 Å². The minimum Gasteiger partial charge on any atom is -0.480 e. The number of rotatable bonds is 8. The Labute approximate surface area is 191 Å². The Morgan fingerprint density at radius 3 is 2.30 bits per heavy atom. The van der Waals surface area contributed by atoms with Crippen molar-refractivity contribution in [3.8, 4) is 11.1 Å². The molecule has 1 aliphatic heterocycles. The van der Waals surface area contributed by atoms with Gasteiger partial charge in [0.25, 0.3) is 0 Å². The molecular formula is C24H26N2O7. The Morgan fingerprint density at radius 1 is 1.12 bits per heavy atom. The molecule has 1 heterocycles. The summed E-state index contributed by atoms with van der Waals surface area (Å²) in [4.78, 5) is 37.0. The predicted molar refractivity (Wildman–Crippen MR) is 118 cm³/mol. The number of amides is 2. The fraction of sp³-hybridized carbons (Fsp3) is 0.375. The molecule has 2 aromatic rings. The number of carboxylic acids is 1. The van der Waals surface area contributed by atoms with Gasteiger partial charge in [0.1, 0.15) is 12.1 Å². The van der Waals surface area contributed by atoms with Crippen LogP contribution in [0, 0.1) is 0 Å². The Balaban J connectivity index is 1.44. The van der Waals surface area contributed by atoms with Crippen LogP contribution in [0.5, 0.6) is 0 Å². The maximum Gasteiger partial charge on any atom is 0.408 e. The maximum atomic E-state index is 12.9. The van der Waals surface area contributed by atoms with Gasteiger partial charge in [-0.2, -0.15) is 0 Å². The molecule has 2 aliphatic rings. The van der Waals surface area contributed by atoms with Crippen LogP contribution in [-0.4, -0.2) is 68.2 Å². The van der Waals surface area contributed by atoms with E-state index in [1.165, 1.54) is 7.11 Å². The van der Waals surface area contributed by atoms with E-state index in [4.69, 9.17) is 14.2 Å². The standard InChI is InChI=1S/C24H26N2O7/c1-31-13-20(21(27)28)25-22(29)24(10-11-32-14-24)26-23(30)33-12-19-17-8-4-2-6-15(17)16-7-3-5-9-18(16)19/h2-9,19-20H,10-14H2,1H3,(H,25,29)(H,26,30)(H,27,28). The van der Waals surface area contributed by atoms with Gasteiger partial charge in [0, 0.05) is 26.1 Å². The highest BCUT2D eigenvalue weighted by Crippen LogP contribution is 2.44. The molecule has 9 nitrogen and oxygen atoms in total. The third kappa shape index (κ3) is 4.55. The van der Waals surface area contributed by atoms with Gasteiger partial charge in [0.15, 0.2) is 6.04 Å². The molecule has 3 N–H and O–H groups in total. The molecule has 2 unspecified atom stereocenters. The van der Waals surface area contributed by atoms with Crippen molar-refractivity contribution in [1.82, 2.24) is 10.6 Å². The highest BCUT2D eigenvalue weighted by molar-refractivity contribution is 5.93. The fourth-order valence-electron chi connectivity index (χ4n) is 4.37. The predicted octanol–water partition coefficient (Wildman–Crippen LogP) is 1.90. The second kappa shape index (κ2) is 9.60. The molecule has 0 saturated carbocycles. The monoisotopic (exact) mass is 454 g/mol. The number of aliphatic carboxylic acids is 1. The topological polar surface area (TPSA) is 123 Å². The first-order valence-corrected chi connectivity index (χ1v) is 10.7. The van der Waals surface area contributed by atoms with Crippen LogP contribution in [0.2, 0.25) is 0 Å². The van der Waals surface area contributed by atoms with Gasteiger partial charge in [-0.1, -0.05) is 48.5 Å². The Kier molecular flexibility index (Phi) is 6.62. The summed E-state index contributed by atoms with van der Waals surface area (Å²) in [7, 11) is 1.34.